The standard InChI is InChI=1S/C21H36N4.2ClH/c1-24(11-3-4-12-24)17-20-15-21(25(2)13-5-6-14-25)16-23(20)19-9-7-18(22)8-10-19;;/h7-10,20-21H,3-6,11-17,22H2,1-2H3;2*1H/q+2;;/p-1. The van der Waals surface area contributed by atoms with Gasteiger partial charge in [0.1, 0.15) is 6.04 Å². The molecule has 0 aromatic heterocycles. The molecule has 4 rings (SSSR count). The minimum absolute atomic E-state index is 0. The number of rotatable bonds is 4. The fraction of sp³-hybridized carbons (Fsp3) is 0.714. The number of benzene rings is 1. The van der Waals surface area contributed by atoms with Gasteiger partial charge in [-0.2, -0.15) is 0 Å². The van der Waals surface area contributed by atoms with Crippen molar-refractivity contribution in [1.82, 2.24) is 0 Å². The molecule has 27 heavy (non-hydrogen) atoms. The highest BCUT2D eigenvalue weighted by Crippen LogP contribution is 2.35. The highest BCUT2D eigenvalue weighted by molar-refractivity contribution is 5.85. The maximum absolute atomic E-state index is 5.94. The minimum Gasteiger partial charge on any atom is -1.00 e. The van der Waals surface area contributed by atoms with Gasteiger partial charge in [0.2, 0.25) is 0 Å². The van der Waals surface area contributed by atoms with Gasteiger partial charge in [0.15, 0.2) is 0 Å². The summed E-state index contributed by atoms with van der Waals surface area (Å²) in [6.45, 7) is 8.00. The molecule has 3 aliphatic rings. The number of nitrogens with zero attached hydrogens (tertiary/aromatic N) is 3. The highest BCUT2D eigenvalue weighted by Gasteiger charge is 2.47. The van der Waals surface area contributed by atoms with Gasteiger partial charge in [-0.1, -0.05) is 0 Å². The third kappa shape index (κ3) is 4.67. The Bertz CT molecular complexity index is 595. The average molecular weight is 416 g/mol. The molecule has 2 N–H and O–H groups in total. The molecule has 0 radical (unpaired) electrons. The Hall–Kier alpha value is -0.680. The maximum atomic E-state index is 5.94. The monoisotopic (exact) mass is 415 g/mol. The second kappa shape index (κ2) is 8.77. The Morgan fingerprint density at radius 1 is 0.963 bits per heavy atom. The Kier molecular flexibility index (Phi) is 7.34. The molecule has 2 atom stereocenters. The Morgan fingerprint density at radius 2 is 1.52 bits per heavy atom. The minimum atomic E-state index is 0. The summed E-state index contributed by atoms with van der Waals surface area (Å²) in [4.78, 5) is 2.72. The fourth-order valence-electron chi connectivity index (χ4n) is 5.71. The Balaban J connectivity index is 0.00000131. The average Bonchev–Trinajstić information content (AvgIpc) is 3.30. The molecule has 0 aliphatic carbocycles. The van der Waals surface area contributed by atoms with Crippen LogP contribution in [0, 0.1) is 0 Å². The number of quaternary nitrogens is 2. The molecule has 154 valence electrons. The molecule has 1 aromatic carbocycles. The van der Waals surface area contributed by atoms with Gasteiger partial charge in [-0.25, -0.2) is 0 Å². The Labute approximate surface area is 177 Å². The normalized spacial score (nSPS) is 28.6. The van der Waals surface area contributed by atoms with E-state index in [0.717, 1.165) is 11.7 Å². The van der Waals surface area contributed by atoms with Crippen LogP contribution >= 0.6 is 12.4 Å². The van der Waals surface area contributed by atoms with E-state index in [4.69, 9.17) is 5.73 Å². The Morgan fingerprint density at radius 3 is 2.11 bits per heavy atom. The zero-order chi connectivity index (χ0) is 17.5. The van der Waals surface area contributed by atoms with E-state index in [1.807, 2.05) is 0 Å². The second-order valence-electron chi connectivity index (χ2n) is 9.38. The van der Waals surface area contributed by atoms with Crippen LogP contribution in [0.25, 0.3) is 0 Å². The summed E-state index contributed by atoms with van der Waals surface area (Å²) in [5, 5.41) is 0. The van der Waals surface area contributed by atoms with Gasteiger partial charge in [0, 0.05) is 43.5 Å². The van der Waals surface area contributed by atoms with E-state index in [1.165, 1.54) is 86.0 Å². The van der Waals surface area contributed by atoms with Gasteiger partial charge in [-0.3, -0.25) is 0 Å². The van der Waals surface area contributed by atoms with Crippen molar-refractivity contribution in [3.8, 4) is 0 Å². The number of likely N-dealkylation sites (N-methyl/N-ethyl adjacent to an activating group) is 2. The first-order valence-electron chi connectivity index (χ1n) is 10.3. The quantitative estimate of drug-likeness (QED) is 0.558. The predicted octanol–water partition coefficient (Wildman–Crippen LogP) is 0.123. The van der Waals surface area contributed by atoms with Gasteiger partial charge in [0.05, 0.1) is 59.4 Å². The number of nitrogen functional groups attached to an aromatic ring is 1. The smallest absolute Gasteiger partial charge is 0.109 e. The molecular formula is C21H37Cl2N4+. The van der Waals surface area contributed by atoms with Crippen LogP contribution in [0.15, 0.2) is 24.3 Å². The van der Waals surface area contributed by atoms with Crippen LogP contribution in [0.4, 0.5) is 11.4 Å². The highest BCUT2D eigenvalue weighted by atomic mass is 35.5. The number of nitrogens with two attached hydrogens (primary N) is 1. The van der Waals surface area contributed by atoms with Crippen molar-refractivity contribution in [3.63, 3.8) is 0 Å². The summed E-state index contributed by atoms with van der Waals surface area (Å²) >= 11 is 0. The summed E-state index contributed by atoms with van der Waals surface area (Å²) in [6, 6.07) is 10.1. The van der Waals surface area contributed by atoms with Crippen molar-refractivity contribution < 1.29 is 21.4 Å². The molecule has 3 heterocycles. The summed E-state index contributed by atoms with van der Waals surface area (Å²) < 4.78 is 2.57. The van der Waals surface area contributed by atoms with E-state index in [1.54, 1.807) is 0 Å². The van der Waals surface area contributed by atoms with Crippen LogP contribution in [-0.4, -0.2) is 74.4 Å². The summed E-state index contributed by atoms with van der Waals surface area (Å²) in [5.74, 6) is 0. The molecule has 0 spiro atoms. The lowest BCUT2D eigenvalue weighted by Crippen LogP contribution is -3.00. The summed E-state index contributed by atoms with van der Waals surface area (Å²) in [5.41, 5.74) is 8.18. The van der Waals surface area contributed by atoms with Crippen LogP contribution in [0.2, 0.25) is 0 Å². The molecule has 0 saturated carbocycles. The lowest BCUT2D eigenvalue weighted by molar-refractivity contribution is -0.920. The van der Waals surface area contributed by atoms with E-state index in [9.17, 15) is 0 Å². The van der Waals surface area contributed by atoms with Crippen LogP contribution in [0.1, 0.15) is 32.1 Å². The predicted molar refractivity (Wildman–Crippen MR) is 113 cm³/mol. The van der Waals surface area contributed by atoms with Crippen molar-refractivity contribution in [3.05, 3.63) is 24.3 Å². The lowest BCUT2D eigenvalue weighted by atomic mass is 10.1. The van der Waals surface area contributed by atoms with Crippen LogP contribution in [-0.2, 0) is 0 Å². The first kappa shape index (κ1) is 22.6. The van der Waals surface area contributed by atoms with Gasteiger partial charge in [0.25, 0.3) is 0 Å². The zero-order valence-electron chi connectivity index (χ0n) is 16.9. The summed E-state index contributed by atoms with van der Waals surface area (Å²) in [6.07, 6.45) is 6.99. The van der Waals surface area contributed by atoms with Crippen molar-refractivity contribution in [2.75, 3.05) is 64.0 Å². The third-order valence-corrected chi connectivity index (χ3v) is 7.38. The first-order chi connectivity index (χ1) is 12.0. The largest absolute Gasteiger partial charge is 1.00 e. The fourth-order valence-corrected chi connectivity index (χ4v) is 5.71. The molecule has 0 bridgehead atoms. The van der Waals surface area contributed by atoms with E-state index in [2.05, 4.69) is 43.3 Å². The molecule has 1 aromatic rings. The van der Waals surface area contributed by atoms with Crippen LogP contribution in [0.3, 0.4) is 0 Å². The third-order valence-electron chi connectivity index (χ3n) is 7.38. The molecular weight excluding hydrogens is 379 g/mol. The maximum Gasteiger partial charge on any atom is 0.109 e. The molecule has 3 aliphatic heterocycles. The summed E-state index contributed by atoms with van der Waals surface area (Å²) in [7, 11) is 4.99. The van der Waals surface area contributed by atoms with Crippen molar-refractivity contribution >= 4 is 23.8 Å². The van der Waals surface area contributed by atoms with E-state index >= 15 is 0 Å². The second-order valence-corrected chi connectivity index (χ2v) is 9.38. The number of likely N-dealkylation sites (tertiary alicyclic amines) is 2. The lowest BCUT2D eigenvalue weighted by Gasteiger charge is -2.35. The number of hydrogen-bond donors (Lipinski definition) is 1. The van der Waals surface area contributed by atoms with Crippen LogP contribution in [0.5, 0.6) is 0 Å². The van der Waals surface area contributed by atoms with Crippen molar-refractivity contribution in [2.24, 2.45) is 0 Å². The SMILES string of the molecule is C[N+]1(CC2CC([N+]3(C)CCCC3)CN2c2ccc(N)cc2)CCCC1.Cl.[Cl-]. The first-order valence-corrected chi connectivity index (χ1v) is 10.3. The van der Waals surface area contributed by atoms with Gasteiger partial charge in [-0.05, 0) is 24.3 Å². The topological polar surface area (TPSA) is 29.3 Å². The molecule has 3 fully saturated rings. The van der Waals surface area contributed by atoms with Crippen LogP contribution < -0.4 is 23.0 Å². The van der Waals surface area contributed by atoms with Gasteiger partial charge >= 0.3 is 0 Å². The van der Waals surface area contributed by atoms with Crippen molar-refractivity contribution in [2.45, 2.75) is 44.2 Å². The molecule has 6 heteroatoms. The van der Waals surface area contributed by atoms with E-state index < -0.39 is 0 Å². The number of hydrogen-bond acceptors (Lipinski definition) is 2. The van der Waals surface area contributed by atoms with E-state index in [0.29, 0.717) is 6.04 Å². The molecule has 4 nitrogen and oxygen atoms in total. The van der Waals surface area contributed by atoms with Gasteiger partial charge < -0.3 is 32.0 Å². The van der Waals surface area contributed by atoms with E-state index in [-0.39, 0.29) is 24.8 Å². The van der Waals surface area contributed by atoms with Gasteiger partial charge in [-0.15, -0.1) is 12.4 Å². The number of halogens is 2. The van der Waals surface area contributed by atoms with Crippen molar-refractivity contribution in [1.29, 1.82) is 0 Å². The zero-order valence-corrected chi connectivity index (χ0v) is 18.5. The molecule has 0 amide bonds. The molecule has 2 unspecified atom stereocenters. The number of anilines is 2. The molecule has 3 saturated heterocycles.